The molecule has 0 aromatic carbocycles. The molecule has 3 aromatic heterocycles. The molecule has 0 aliphatic carbocycles. The maximum atomic E-state index is 12.0. The van der Waals surface area contributed by atoms with E-state index in [1.165, 1.54) is 0 Å². The van der Waals surface area contributed by atoms with E-state index in [4.69, 9.17) is 13.9 Å². The lowest BCUT2D eigenvalue weighted by Crippen LogP contribution is -2.34. The number of carbonyl (C=O) groups excluding carboxylic acids is 1. The van der Waals surface area contributed by atoms with Gasteiger partial charge in [-0.15, -0.1) is 6.58 Å². The van der Waals surface area contributed by atoms with Gasteiger partial charge in [-0.05, 0) is 31.2 Å². The Kier molecular flexibility index (Phi) is 7.17. The third kappa shape index (κ3) is 5.31. The Morgan fingerprint density at radius 3 is 2.97 bits per heavy atom. The third-order valence-electron chi connectivity index (χ3n) is 3.73. The molecule has 0 saturated carbocycles. The minimum absolute atomic E-state index is 0.204. The Morgan fingerprint density at radius 1 is 1.31 bits per heavy atom. The van der Waals surface area contributed by atoms with Crippen molar-refractivity contribution in [2.75, 3.05) is 24.2 Å². The molecule has 0 bridgehead atoms. The smallest absolute Gasteiger partial charge is 0.333 e. The van der Waals surface area contributed by atoms with E-state index in [1.807, 2.05) is 6.92 Å². The van der Waals surface area contributed by atoms with E-state index in [2.05, 4.69) is 39.7 Å². The second-order valence-electron chi connectivity index (χ2n) is 5.78. The molecule has 0 saturated heterocycles. The highest BCUT2D eigenvalue weighted by Crippen LogP contribution is 2.23. The first-order valence-electron chi connectivity index (χ1n) is 8.88. The van der Waals surface area contributed by atoms with Crippen LogP contribution in [0.25, 0.3) is 22.6 Å². The van der Waals surface area contributed by atoms with E-state index in [0.717, 1.165) is 4.31 Å². The summed E-state index contributed by atoms with van der Waals surface area (Å²) in [6.45, 7) is 6.85. The number of anilines is 1. The summed E-state index contributed by atoms with van der Waals surface area (Å²) in [5.74, 6) is 1.50. The van der Waals surface area contributed by atoms with Crippen LogP contribution in [0.1, 0.15) is 12.7 Å². The molecule has 0 spiro atoms. The van der Waals surface area contributed by atoms with Gasteiger partial charge < -0.3 is 19.2 Å². The van der Waals surface area contributed by atoms with E-state index in [-0.39, 0.29) is 13.4 Å². The molecular weight excluding hydrogens is 394 g/mol. The number of furan rings is 1. The van der Waals surface area contributed by atoms with Crippen LogP contribution >= 0.6 is 12.8 Å². The average Bonchev–Trinajstić information content (AvgIpc) is 3.22. The molecule has 10 heteroatoms. The van der Waals surface area contributed by atoms with Crippen molar-refractivity contribution >= 4 is 35.8 Å². The van der Waals surface area contributed by atoms with Gasteiger partial charge in [0.05, 0.1) is 6.20 Å². The second kappa shape index (κ2) is 10.0. The summed E-state index contributed by atoms with van der Waals surface area (Å²) in [5, 5.41) is 2.62. The van der Waals surface area contributed by atoms with Crippen LogP contribution in [0.2, 0.25) is 0 Å². The number of nitrogens with zero attached hydrogens (tertiary/aromatic N) is 4. The van der Waals surface area contributed by atoms with Gasteiger partial charge >= 0.3 is 6.03 Å². The minimum Gasteiger partial charge on any atom is -0.457 e. The fourth-order valence-corrected chi connectivity index (χ4v) is 2.52. The van der Waals surface area contributed by atoms with E-state index < -0.39 is 6.03 Å². The number of ether oxygens (including phenoxy) is 2. The second-order valence-corrected chi connectivity index (χ2v) is 6.18. The van der Waals surface area contributed by atoms with Gasteiger partial charge in [0, 0.05) is 13.2 Å². The lowest BCUT2D eigenvalue weighted by Gasteiger charge is -2.15. The fraction of sp³-hybridized carbons (Fsp3) is 0.263. The van der Waals surface area contributed by atoms with Gasteiger partial charge in [0.2, 0.25) is 0 Å². The fourth-order valence-electron chi connectivity index (χ4n) is 2.34. The van der Waals surface area contributed by atoms with Crippen molar-refractivity contribution < 1.29 is 18.7 Å². The van der Waals surface area contributed by atoms with Gasteiger partial charge in [0.1, 0.15) is 36.2 Å². The first kappa shape index (κ1) is 20.8. The van der Waals surface area contributed by atoms with Crippen molar-refractivity contribution in [2.45, 2.75) is 13.5 Å². The molecule has 0 fully saturated rings. The van der Waals surface area contributed by atoms with Crippen molar-refractivity contribution in [3.8, 4) is 11.5 Å². The number of carbonyl (C=O) groups is 1. The highest BCUT2D eigenvalue weighted by atomic mass is 32.1. The van der Waals surface area contributed by atoms with Crippen molar-refractivity contribution in [1.29, 1.82) is 0 Å². The van der Waals surface area contributed by atoms with Crippen molar-refractivity contribution in [1.82, 2.24) is 20.3 Å². The van der Waals surface area contributed by atoms with Crippen LogP contribution in [0, 0.1) is 0 Å². The number of rotatable bonds is 9. The molecule has 9 nitrogen and oxygen atoms in total. The molecule has 0 radical (unpaired) electrons. The first-order valence-corrected chi connectivity index (χ1v) is 9.28. The Bertz CT molecular complexity index is 994. The SMILES string of the molecule is C=CCNC(=O)N(S)c1ccc2ncc(-c3ccc(COCOCC)o3)nc2n1. The number of urea groups is 1. The minimum atomic E-state index is -0.424. The van der Waals surface area contributed by atoms with E-state index in [9.17, 15) is 4.79 Å². The zero-order chi connectivity index (χ0) is 20.6. The average molecular weight is 415 g/mol. The summed E-state index contributed by atoms with van der Waals surface area (Å²) >= 11 is 4.19. The Balaban J connectivity index is 1.77. The maximum absolute atomic E-state index is 12.0. The highest BCUT2D eigenvalue weighted by molar-refractivity contribution is 7.82. The number of aromatic nitrogens is 3. The van der Waals surface area contributed by atoms with Crippen LogP contribution in [-0.2, 0) is 16.1 Å². The van der Waals surface area contributed by atoms with Crippen LogP contribution in [-0.4, -0.2) is 40.9 Å². The monoisotopic (exact) mass is 415 g/mol. The molecule has 3 heterocycles. The zero-order valence-corrected chi connectivity index (χ0v) is 16.8. The zero-order valence-electron chi connectivity index (χ0n) is 15.9. The summed E-state index contributed by atoms with van der Waals surface area (Å²) in [4.78, 5) is 25.3. The highest BCUT2D eigenvalue weighted by Gasteiger charge is 2.15. The van der Waals surface area contributed by atoms with Crippen LogP contribution < -0.4 is 9.62 Å². The first-order chi connectivity index (χ1) is 14.1. The summed E-state index contributed by atoms with van der Waals surface area (Å²) < 4.78 is 17.3. The van der Waals surface area contributed by atoms with Crippen LogP contribution in [0.3, 0.4) is 0 Å². The van der Waals surface area contributed by atoms with Crippen LogP contribution in [0.15, 0.2) is 47.5 Å². The van der Waals surface area contributed by atoms with Crippen molar-refractivity contribution in [3.63, 3.8) is 0 Å². The number of hydrogen-bond donors (Lipinski definition) is 2. The molecule has 3 aromatic rings. The van der Waals surface area contributed by atoms with Gasteiger partial charge in [-0.2, -0.15) is 0 Å². The Hall–Kier alpha value is -2.95. The Morgan fingerprint density at radius 2 is 2.17 bits per heavy atom. The molecule has 0 atom stereocenters. The number of amides is 2. The van der Waals surface area contributed by atoms with Crippen LogP contribution in [0.5, 0.6) is 0 Å². The summed E-state index contributed by atoms with van der Waals surface area (Å²) in [5.41, 5.74) is 1.46. The van der Waals surface area contributed by atoms with Crippen LogP contribution in [0.4, 0.5) is 10.6 Å². The molecule has 0 aliphatic heterocycles. The lowest BCUT2D eigenvalue weighted by molar-refractivity contribution is -0.0613. The summed E-state index contributed by atoms with van der Waals surface area (Å²) in [6, 6.07) is 6.51. The predicted molar refractivity (Wildman–Crippen MR) is 111 cm³/mol. The molecule has 1 N–H and O–H groups in total. The molecule has 3 rings (SSSR count). The number of nitrogens with one attached hydrogen (secondary N) is 1. The van der Waals surface area contributed by atoms with Gasteiger partial charge in [-0.3, -0.25) is 4.98 Å². The quantitative estimate of drug-likeness (QED) is 0.239. The van der Waals surface area contributed by atoms with Crippen molar-refractivity contribution in [3.05, 3.63) is 48.9 Å². The molecule has 0 aliphatic rings. The number of thiol groups is 1. The molecular formula is C19H21N5O4S. The molecule has 0 unspecified atom stereocenters. The lowest BCUT2D eigenvalue weighted by atomic mass is 10.3. The number of fused-ring (bicyclic) bond motifs is 1. The van der Waals surface area contributed by atoms with Gasteiger partial charge in [-0.1, -0.05) is 18.9 Å². The summed E-state index contributed by atoms with van der Waals surface area (Å²) in [6.07, 6.45) is 3.17. The third-order valence-corrected chi connectivity index (χ3v) is 4.11. The van der Waals surface area contributed by atoms with Gasteiger partial charge in [0.15, 0.2) is 11.4 Å². The van der Waals surface area contributed by atoms with E-state index in [1.54, 1.807) is 36.5 Å². The molecule has 29 heavy (non-hydrogen) atoms. The largest absolute Gasteiger partial charge is 0.457 e. The molecule has 2 amide bonds. The summed E-state index contributed by atoms with van der Waals surface area (Å²) in [7, 11) is 0. The van der Waals surface area contributed by atoms with Gasteiger partial charge in [-0.25, -0.2) is 19.1 Å². The normalized spacial score (nSPS) is 10.8. The molecule has 152 valence electrons. The Labute approximate surface area is 173 Å². The number of pyridine rings is 1. The standard InChI is InChI=1S/C19H21N5O4S/c1-3-9-20-19(25)24(29)17-8-6-14-18(23-17)22-15(10-21-14)16-7-5-13(28-16)11-27-12-26-4-2/h3,5-8,10,29H,1,4,9,11-12H2,2H3,(H,20,25). The topological polar surface area (TPSA) is 103 Å². The predicted octanol–water partition coefficient (Wildman–Crippen LogP) is 3.34. The van der Waals surface area contributed by atoms with E-state index in [0.29, 0.717) is 47.3 Å². The van der Waals surface area contributed by atoms with Crippen molar-refractivity contribution in [2.24, 2.45) is 0 Å². The number of hydrogen-bond acceptors (Lipinski definition) is 8. The maximum Gasteiger partial charge on any atom is 0.333 e. The van der Waals surface area contributed by atoms with E-state index >= 15 is 0 Å². The van der Waals surface area contributed by atoms with Gasteiger partial charge in [0.25, 0.3) is 0 Å².